The minimum absolute atomic E-state index is 0. The van der Waals surface area contributed by atoms with Crippen LogP contribution >= 0.6 is 28.3 Å². The number of hydrogen-bond donors (Lipinski definition) is 3. The lowest BCUT2D eigenvalue weighted by Gasteiger charge is -2.08. The molecule has 0 spiro atoms. The first-order valence-corrected chi connectivity index (χ1v) is 8.04. The molecule has 0 heterocycles. The Labute approximate surface area is 150 Å². The van der Waals surface area contributed by atoms with Crippen LogP contribution in [-0.4, -0.2) is 38.0 Å². The zero-order valence-electron chi connectivity index (χ0n) is 13.0. The predicted octanol–water partition coefficient (Wildman–Crippen LogP) is 2.25. The molecule has 0 atom stereocenters. The number of benzene rings is 1. The molecular formula is C15H22BrClFN3O2. The first-order chi connectivity index (χ1) is 10.5. The van der Waals surface area contributed by atoms with Gasteiger partial charge in [0.2, 0.25) is 5.91 Å². The maximum Gasteiger partial charge on any atom is 0.252 e. The van der Waals surface area contributed by atoms with Gasteiger partial charge < -0.3 is 16.0 Å². The van der Waals surface area contributed by atoms with E-state index in [0.717, 1.165) is 25.6 Å². The van der Waals surface area contributed by atoms with Crippen LogP contribution in [0, 0.1) is 5.82 Å². The predicted molar refractivity (Wildman–Crippen MR) is 94.5 cm³/mol. The summed E-state index contributed by atoms with van der Waals surface area (Å²) in [6.45, 7) is 4.49. The molecule has 3 N–H and O–H groups in total. The lowest BCUT2D eigenvalue weighted by atomic mass is 10.2. The summed E-state index contributed by atoms with van der Waals surface area (Å²) in [5.74, 6) is -1.02. The molecule has 2 amide bonds. The molecule has 23 heavy (non-hydrogen) atoms. The van der Waals surface area contributed by atoms with E-state index in [4.69, 9.17) is 0 Å². The fourth-order valence-corrected chi connectivity index (χ4v) is 2.16. The van der Waals surface area contributed by atoms with Crippen LogP contribution in [0.2, 0.25) is 0 Å². The van der Waals surface area contributed by atoms with E-state index < -0.39 is 11.7 Å². The van der Waals surface area contributed by atoms with Crippen LogP contribution in [0.1, 0.15) is 30.1 Å². The minimum atomic E-state index is -0.481. The van der Waals surface area contributed by atoms with Crippen molar-refractivity contribution in [3.63, 3.8) is 0 Å². The Hall–Kier alpha value is -1.18. The van der Waals surface area contributed by atoms with Crippen molar-refractivity contribution in [1.29, 1.82) is 0 Å². The second kappa shape index (κ2) is 12.3. The van der Waals surface area contributed by atoms with Gasteiger partial charge in [-0.05, 0) is 47.1 Å². The van der Waals surface area contributed by atoms with Crippen molar-refractivity contribution in [3.05, 3.63) is 34.1 Å². The fourth-order valence-electron chi connectivity index (χ4n) is 1.74. The summed E-state index contributed by atoms with van der Waals surface area (Å²) in [6, 6.07) is 3.89. The van der Waals surface area contributed by atoms with Crippen LogP contribution in [0.4, 0.5) is 4.39 Å². The van der Waals surface area contributed by atoms with Crippen LogP contribution in [0.25, 0.3) is 0 Å². The number of halogens is 3. The number of hydrogen-bond acceptors (Lipinski definition) is 3. The summed E-state index contributed by atoms with van der Waals surface area (Å²) in [5.41, 5.74) is 0.212. The molecule has 0 aliphatic heterocycles. The van der Waals surface area contributed by atoms with Crippen molar-refractivity contribution in [2.24, 2.45) is 0 Å². The third kappa shape index (κ3) is 8.88. The van der Waals surface area contributed by atoms with E-state index in [0.29, 0.717) is 11.0 Å². The normalized spacial score (nSPS) is 9.87. The van der Waals surface area contributed by atoms with Gasteiger partial charge in [-0.1, -0.05) is 6.92 Å². The maximum atomic E-state index is 13.1. The fraction of sp³-hybridized carbons (Fsp3) is 0.467. The summed E-state index contributed by atoms with van der Waals surface area (Å²) in [4.78, 5) is 23.4. The number of nitrogens with one attached hydrogen (secondary N) is 3. The molecule has 0 radical (unpaired) electrons. The van der Waals surface area contributed by atoms with E-state index in [9.17, 15) is 14.0 Å². The maximum absolute atomic E-state index is 13.1. The van der Waals surface area contributed by atoms with Gasteiger partial charge in [0.05, 0.1) is 5.56 Å². The summed E-state index contributed by atoms with van der Waals surface area (Å²) in [5, 5.41) is 8.52. The molecule has 0 bridgehead atoms. The van der Waals surface area contributed by atoms with E-state index in [2.05, 4.69) is 38.8 Å². The lowest BCUT2D eigenvalue weighted by Crippen LogP contribution is -2.34. The van der Waals surface area contributed by atoms with Crippen molar-refractivity contribution < 1.29 is 14.0 Å². The summed E-state index contributed by atoms with van der Waals surface area (Å²) in [7, 11) is 0. The van der Waals surface area contributed by atoms with E-state index in [1.165, 1.54) is 12.1 Å². The summed E-state index contributed by atoms with van der Waals surface area (Å²) in [6.07, 6.45) is 1.24. The van der Waals surface area contributed by atoms with E-state index >= 15 is 0 Å². The molecular weight excluding hydrogens is 389 g/mol. The van der Waals surface area contributed by atoms with Gasteiger partial charge in [-0.15, -0.1) is 12.4 Å². The van der Waals surface area contributed by atoms with Crippen molar-refractivity contribution in [2.75, 3.05) is 26.2 Å². The average molecular weight is 411 g/mol. The molecule has 0 aliphatic carbocycles. The molecule has 8 heteroatoms. The Bertz CT molecular complexity index is 517. The molecule has 0 fully saturated rings. The second-order valence-corrected chi connectivity index (χ2v) is 5.58. The third-order valence-electron chi connectivity index (χ3n) is 2.86. The molecule has 5 nitrogen and oxygen atoms in total. The molecule has 1 rings (SSSR count). The van der Waals surface area contributed by atoms with Crippen LogP contribution in [-0.2, 0) is 4.79 Å². The Morgan fingerprint density at radius 1 is 1.13 bits per heavy atom. The van der Waals surface area contributed by atoms with Crippen LogP contribution in [0.3, 0.4) is 0 Å². The van der Waals surface area contributed by atoms with Crippen LogP contribution in [0.5, 0.6) is 0 Å². The van der Waals surface area contributed by atoms with Crippen LogP contribution in [0.15, 0.2) is 22.7 Å². The first-order valence-electron chi connectivity index (χ1n) is 7.25. The average Bonchev–Trinajstić information content (AvgIpc) is 2.49. The van der Waals surface area contributed by atoms with Gasteiger partial charge in [0.25, 0.3) is 5.91 Å². The molecule has 130 valence electrons. The smallest absolute Gasteiger partial charge is 0.252 e. The molecule has 0 saturated carbocycles. The number of rotatable bonds is 9. The van der Waals surface area contributed by atoms with E-state index in [1.807, 2.05) is 0 Å². The standard InChI is InChI=1S/C15H21BrFN3O2.ClH/c1-2-6-18-8-9-19-14(21)5-7-20-15(22)12-10-11(17)3-4-13(12)16;/h3-4,10,18H,2,5-9H2,1H3,(H,19,21)(H,20,22);1H. The molecule has 1 aromatic rings. The SMILES string of the molecule is CCCNCCNC(=O)CCNC(=O)c1cc(F)ccc1Br.Cl. The summed E-state index contributed by atoms with van der Waals surface area (Å²) >= 11 is 3.19. The summed E-state index contributed by atoms with van der Waals surface area (Å²) < 4.78 is 13.6. The van der Waals surface area contributed by atoms with Gasteiger partial charge in [-0.2, -0.15) is 0 Å². The second-order valence-electron chi connectivity index (χ2n) is 4.73. The van der Waals surface area contributed by atoms with E-state index in [-0.39, 0.29) is 36.8 Å². The monoisotopic (exact) mass is 409 g/mol. The van der Waals surface area contributed by atoms with Crippen molar-refractivity contribution in [2.45, 2.75) is 19.8 Å². The van der Waals surface area contributed by atoms with E-state index in [1.54, 1.807) is 0 Å². The van der Waals surface area contributed by atoms with Gasteiger partial charge in [-0.3, -0.25) is 9.59 Å². The molecule has 1 aromatic carbocycles. The van der Waals surface area contributed by atoms with Crippen molar-refractivity contribution in [3.8, 4) is 0 Å². The van der Waals surface area contributed by atoms with Gasteiger partial charge in [-0.25, -0.2) is 4.39 Å². The largest absolute Gasteiger partial charge is 0.355 e. The number of amides is 2. The molecule has 0 aliphatic rings. The highest BCUT2D eigenvalue weighted by molar-refractivity contribution is 9.10. The van der Waals surface area contributed by atoms with Gasteiger partial charge in [0.1, 0.15) is 5.82 Å². The lowest BCUT2D eigenvalue weighted by molar-refractivity contribution is -0.120. The first kappa shape index (κ1) is 21.8. The Morgan fingerprint density at radius 3 is 2.57 bits per heavy atom. The minimum Gasteiger partial charge on any atom is -0.355 e. The molecule has 0 aromatic heterocycles. The van der Waals surface area contributed by atoms with Gasteiger partial charge in [0, 0.05) is 30.5 Å². The van der Waals surface area contributed by atoms with Gasteiger partial charge >= 0.3 is 0 Å². The number of carbonyl (C=O) groups is 2. The van der Waals surface area contributed by atoms with Crippen molar-refractivity contribution >= 4 is 40.2 Å². The Morgan fingerprint density at radius 2 is 1.87 bits per heavy atom. The highest BCUT2D eigenvalue weighted by Crippen LogP contribution is 2.17. The Balaban J connectivity index is 0.00000484. The highest BCUT2D eigenvalue weighted by Gasteiger charge is 2.11. The third-order valence-corrected chi connectivity index (χ3v) is 3.55. The van der Waals surface area contributed by atoms with Crippen LogP contribution < -0.4 is 16.0 Å². The van der Waals surface area contributed by atoms with Crippen molar-refractivity contribution in [1.82, 2.24) is 16.0 Å². The highest BCUT2D eigenvalue weighted by atomic mass is 79.9. The van der Waals surface area contributed by atoms with Gasteiger partial charge in [0.15, 0.2) is 0 Å². The zero-order chi connectivity index (χ0) is 16.4. The topological polar surface area (TPSA) is 70.2 Å². The molecule has 0 unspecified atom stereocenters. The molecule has 0 saturated heterocycles. The zero-order valence-corrected chi connectivity index (χ0v) is 15.4. The quantitative estimate of drug-likeness (QED) is 0.547. The number of carbonyl (C=O) groups excluding carboxylic acids is 2. The Kier molecular flexibility index (Phi) is 11.6.